The minimum absolute atomic E-state index is 0.0358. The molecule has 20 heavy (non-hydrogen) atoms. The van der Waals surface area contributed by atoms with E-state index in [0.29, 0.717) is 0 Å². The molecular weight excluding hydrogens is 278 g/mol. The summed E-state index contributed by atoms with van der Waals surface area (Å²) in [6.07, 6.45) is 7.79. The highest BCUT2D eigenvalue weighted by molar-refractivity contribution is 7.92. The lowest BCUT2D eigenvalue weighted by Crippen LogP contribution is -2.39. The summed E-state index contributed by atoms with van der Waals surface area (Å²) in [7, 11) is -3.72. The summed E-state index contributed by atoms with van der Waals surface area (Å²) in [6.45, 7) is 0. The third kappa shape index (κ3) is 3.69. The second-order valence-electron chi connectivity index (χ2n) is 5.08. The molecule has 1 amide bonds. The van der Waals surface area contributed by atoms with Gasteiger partial charge in [-0.2, -0.15) is 0 Å². The monoisotopic (exact) mass is 297 g/mol. The minimum atomic E-state index is -3.72. The number of carbonyl (C=O) groups is 1. The Morgan fingerprint density at radius 2 is 2.05 bits per heavy atom. The lowest BCUT2D eigenvalue weighted by Gasteiger charge is -2.22. The van der Waals surface area contributed by atoms with Gasteiger partial charge in [-0.15, -0.1) is 0 Å². The zero-order valence-electron chi connectivity index (χ0n) is 11.2. The maximum atomic E-state index is 12.1. The van der Waals surface area contributed by atoms with Crippen LogP contribution in [-0.2, 0) is 14.6 Å². The van der Waals surface area contributed by atoms with E-state index in [2.05, 4.69) is 10.3 Å². The molecule has 0 radical (unpaired) electrons. The Hall–Kier alpha value is -1.63. The summed E-state index contributed by atoms with van der Waals surface area (Å²) in [5, 5.41) is 2.79. The zero-order valence-corrected chi connectivity index (χ0v) is 12.0. The van der Waals surface area contributed by atoms with Gasteiger partial charge in [0.15, 0.2) is 9.84 Å². The third-order valence-electron chi connectivity index (χ3n) is 3.44. The first-order chi connectivity index (χ1) is 9.49. The van der Waals surface area contributed by atoms with Gasteiger partial charge in [0.2, 0.25) is 5.91 Å². The summed E-state index contributed by atoms with van der Waals surface area (Å²) < 4.78 is 24.3. The average Bonchev–Trinajstić information content (AvgIpc) is 2.39. The summed E-state index contributed by atoms with van der Waals surface area (Å²) in [5.41, 5.74) is 5.66. The number of rotatable bonds is 4. The molecule has 1 saturated carbocycles. The van der Waals surface area contributed by atoms with Crippen LogP contribution in [-0.4, -0.2) is 31.1 Å². The quantitative estimate of drug-likeness (QED) is 0.859. The van der Waals surface area contributed by atoms with Crippen molar-refractivity contribution in [3.63, 3.8) is 0 Å². The molecular formula is C13H19N3O3S. The lowest BCUT2D eigenvalue weighted by molar-refractivity contribution is -0.119. The van der Waals surface area contributed by atoms with Crippen LogP contribution in [0, 0.1) is 0 Å². The molecule has 0 aliphatic heterocycles. The number of nitrogen functional groups attached to an aromatic ring is 1. The van der Waals surface area contributed by atoms with Crippen molar-refractivity contribution < 1.29 is 13.2 Å². The third-order valence-corrected chi connectivity index (χ3v) is 5.12. The highest BCUT2D eigenvalue weighted by Crippen LogP contribution is 2.19. The normalized spacial score (nSPS) is 16.8. The lowest BCUT2D eigenvalue weighted by atomic mass is 9.95. The van der Waals surface area contributed by atoms with Crippen molar-refractivity contribution >= 4 is 21.4 Å². The molecule has 2 rings (SSSR count). The number of nitrogens with one attached hydrogen (secondary N) is 1. The van der Waals surface area contributed by atoms with E-state index in [-0.39, 0.29) is 16.6 Å². The molecule has 0 bridgehead atoms. The Morgan fingerprint density at radius 1 is 1.35 bits per heavy atom. The fourth-order valence-corrected chi connectivity index (χ4v) is 3.71. The van der Waals surface area contributed by atoms with Crippen LogP contribution in [0.1, 0.15) is 32.1 Å². The predicted molar refractivity (Wildman–Crippen MR) is 75.7 cm³/mol. The number of hydrogen-bond donors (Lipinski definition) is 2. The largest absolute Gasteiger partial charge is 0.396 e. The summed E-state index contributed by atoms with van der Waals surface area (Å²) >= 11 is 0. The fourth-order valence-electron chi connectivity index (χ4n) is 2.44. The van der Waals surface area contributed by atoms with Crippen LogP contribution in [0.3, 0.4) is 0 Å². The molecule has 1 fully saturated rings. The Kier molecular flexibility index (Phi) is 4.59. The van der Waals surface area contributed by atoms with Crippen molar-refractivity contribution in [2.45, 2.75) is 43.0 Å². The van der Waals surface area contributed by atoms with E-state index in [4.69, 9.17) is 5.73 Å². The van der Waals surface area contributed by atoms with Crippen LogP contribution >= 0.6 is 0 Å². The standard InChI is InChI=1S/C13H19N3O3S/c14-11-8-15-7-6-12(11)20(18,19)9-13(17)16-10-4-2-1-3-5-10/h6-8,10H,1-5,9,14H2,(H,16,17). The van der Waals surface area contributed by atoms with Crippen molar-refractivity contribution in [2.24, 2.45) is 0 Å². The van der Waals surface area contributed by atoms with Crippen molar-refractivity contribution in [3.8, 4) is 0 Å². The Bertz CT molecular complexity index is 580. The molecule has 1 aromatic rings. The average molecular weight is 297 g/mol. The first-order valence-electron chi connectivity index (χ1n) is 6.70. The molecule has 110 valence electrons. The molecule has 6 nitrogen and oxygen atoms in total. The minimum Gasteiger partial charge on any atom is -0.396 e. The molecule has 1 aliphatic rings. The number of sulfone groups is 1. The van der Waals surface area contributed by atoms with E-state index in [1.165, 1.54) is 24.9 Å². The number of amides is 1. The maximum absolute atomic E-state index is 12.1. The van der Waals surface area contributed by atoms with Crippen LogP contribution in [0.5, 0.6) is 0 Å². The highest BCUT2D eigenvalue weighted by atomic mass is 32.2. The van der Waals surface area contributed by atoms with E-state index >= 15 is 0 Å². The van der Waals surface area contributed by atoms with Crippen molar-refractivity contribution in [2.75, 3.05) is 11.5 Å². The van der Waals surface area contributed by atoms with Gasteiger partial charge >= 0.3 is 0 Å². The van der Waals surface area contributed by atoms with Crippen molar-refractivity contribution in [1.29, 1.82) is 0 Å². The molecule has 0 unspecified atom stereocenters. The molecule has 0 aromatic carbocycles. The molecule has 0 atom stereocenters. The van der Waals surface area contributed by atoms with E-state index in [0.717, 1.165) is 25.7 Å². The Morgan fingerprint density at radius 3 is 2.70 bits per heavy atom. The van der Waals surface area contributed by atoms with E-state index in [1.54, 1.807) is 0 Å². The van der Waals surface area contributed by atoms with Gasteiger partial charge in [0.25, 0.3) is 0 Å². The summed E-state index contributed by atoms with van der Waals surface area (Å²) in [6, 6.07) is 1.42. The smallest absolute Gasteiger partial charge is 0.235 e. The van der Waals surface area contributed by atoms with Crippen LogP contribution in [0.2, 0.25) is 0 Å². The topological polar surface area (TPSA) is 102 Å². The van der Waals surface area contributed by atoms with Crippen molar-refractivity contribution in [3.05, 3.63) is 18.5 Å². The van der Waals surface area contributed by atoms with Gasteiger partial charge < -0.3 is 11.1 Å². The SMILES string of the molecule is Nc1cnccc1S(=O)(=O)CC(=O)NC1CCCCC1. The first-order valence-corrected chi connectivity index (χ1v) is 8.36. The number of pyridine rings is 1. The number of hydrogen-bond acceptors (Lipinski definition) is 5. The van der Waals surface area contributed by atoms with Gasteiger partial charge in [-0.05, 0) is 18.9 Å². The van der Waals surface area contributed by atoms with Gasteiger partial charge in [-0.1, -0.05) is 19.3 Å². The number of anilines is 1. The first kappa shape index (κ1) is 14.8. The summed E-state index contributed by atoms with van der Waals surface area (Å²) in [5.74, 6) is -1.04. The Balaban J connectivity index is 2.01. The molecule has 3 N–H and O–H groups in total. The second-order valence-corrected chi connectivity index (χ2v) is 7.03. The number of carbonyl (C=O) groups excluding carboxylic acids is 1. The van der Waals surface area contributed by atoms with Crippen LogP contribution in [0.25, 0.3) is 0 Å². The van der Waals surface area contributed by atoms with Gasteiger partial charge in [0.05, 0.1) is 16.8 Å². The van der Waals surface area contributed by atoms with Gasteiger partial charge in [0.1, 0.15) is 5.75 Å². The molecule has 1 aliphatic carbocycles. The number of aromatic nitrogens is 1. The van der Waals surface area contributed by atoms with E-state index < -0.39 is 21.5 Å². The van der Waals surface area contributed by atoms with Gasteiger partial charge in [-0.3, -0.25) is 9.78 Å². The highest BCUT2D eigenvalue weighted by Gasteiger charge is 2.24. The van der Waals surface area contributed by atoms with E-state index in [9.17, 15) is 13.2 Å². The Labute approximate surface area is 118 Å². The molecule has 0 spiro atoms. The van der Waals surface area contributed by atoms with Crippen LogP contribution in [0.4, 0.5) is 5.69 Å². The predicted octanol–water partition coefficient (Wildman–Crippen LogP) is 0.886. The van der Waals surface area contributed by atoms with Crippen molar-refractivity contribution in [1.82, 2.24) is 10.3 Å². The van der Waals surface area contributed by atoms with Crippen LogP contribution in [0.15, 0.2) is 23.4 Å². The van der Waals surface area contributed by atoms with Gasteiger partial charge in [-0.25, -0.2) is 8.42 Å². The molecule has 1 heterocycles. The zero-order chi connectivity index (χ0) is 14.6. The molecule has 1 aromatic heterocycles. The second kappa shape index (κ2) is 6.21. The molecule has 7 heteroatoms. The van der Waals surface area contributed by atoms with Gasteiger partial charge in [0, 0.05) is 12.2 Å². The fraction of sp³-hybridized carbons (Fsp3) is 0.538. The van der Waals surface area contributed by atoms with Crippen LogP contribution < -0.4 is 11.1 Å². The summed E-state index contributed by atoms with van der Waals surface area (Å²) in [4.78, 5) is 15.6. The van der Waals surface area contributed by atoms with E-state index in [1.807, 2.05) is 0 Å². The number of nitrogens with two attached hydrogens (primary N) is 1. The number of nitrogens with zero attached hydrogens (tertiary/aromatic N) is 1. The maximum Gasteiger partial charge on any atom is 0.235 e. The molecule has 0 saturated heterocycles.